The Kier molecular flexibility index (Phi) is 9.55. The minimum Gasteiger partial charge on any atom is -0.381 e. The summed E-state index contributed by atoms with van der Waals surface area (Å²) in [4.78, 5) is 5.31. The van der Waals surface area contributed by atoms with E-state index in [0.29, 0.717) is 23.0 Å². The lowest BCUT2D eigenvalue weighted by atomic mass is 9.87. The van der Waals surface area contributed by atoms with Crippen LogP contribution in [0.3, 0.4) is 0 Å². The molecule has 0 radical (unpaired) electrons. The molecular formula is C27H38Cl2N2OS. The maximum absolute atomic E-state index is 6.49. The van der Waals surface area contributed by atoms with Crippen LogP contribution in [0.15, 0.2) is 35.0 Å². The minimum absolute atomic E-state index is 0.442. The number of piperidine rings is 1. The van der Waals surface area contributed by atoms with Crippen LogP contribution in [0, 0.1) is 11.8 Å². The highest BCUT2D eigenvalue weighted by Gasteiger charge is 2.36. The van der Waals surface area contributed by atoms with Crippen molar-refractivity contribution in [2.45, 2.75) is 57.6 Å². The van der Waals surface area contributed by atoms with E-state index in [9.17, 15) is 0 Å². The van der Waals surface area contributed by atoms with Crippen LogP contribution in [-0.2, 0) is 11.3 Å². The van der Waals surface area contributed by atoms with Crippen LogP contribution in [-0.4, -0.2) is 55.7 Å². The van der Waals surface area contributed by atoms with Crippen molar-refractivity contribution in [1.29, 1.82) is 0 Å². The predicted octanol–water partition coefficient (Wildman–Crippen LogP) is 7.19. The SMILES string of the molecule is CCCC(CC1CCN(CC2CN(Cc3ccc(Cl)cc3Cl)CC2c2ccsc2)CC1)OC. The highest BCUT2D eigenvalue weighted by atomic mass is 35.5. The smallest absolute Gasteiger partial charge is 0.0574 e. The molecule has 33 heavy (non-hydrogen) atoms. The minimum atomic E-state index is 0.442. The molecule has 0 bridgehead atoms. The molecule has 3 unspecified atom stereocenters. The van der Waals surface area contributed by atoms with E-state index in [0.717, 1.165) is 30.6 Å². The summed E-state index contributed by atoms with van der Waals surface area (Å²) in [6.07, 6.45) is 6.69. The van der Waals surface area contributed by atoms with Crippen LogP contribution >= 0.6 is 34.5 Å². The number of hydrogen-bond acceptors (Lipinski definition) is 4. The van der Waals surface area contributed by atoms with Crippen molar-refractivity contribution in [3.05, 3.63) is 56.2 Å². The summed E-state index contributed by atoms with van der Waals surface area (Å²) in [5.74, 6) is 2.08. The second-order valence-corrected chi connectivity index (χ2v) is 11.6. The summed E-state index contributed by atoms with van der Waals surface area (Å²) in [6, 6.07) is 8.22. The van der Waals surface area contributed by atoms with Crippen molar-refractivity contribution in [1.82, 2.24) is 9.80 Å². The first-order chi connectivity index (χ1) is 16.1. The highest BCUT2D eigenvalue weighted by Crippen LogP contribution is 2.37. The van der Waals surface area contributed by atoms with Gasteiger partial charge < -0.3 is 9.64 Å². The first-order valence-corrected chi connectivity index (χ1v) is 14.2. The fourth-order valence-corrected chi connectivity index (χ4v) is 6.98. The number of benzene rings is 1. The number of thiophene rings is 1. The lowest BCUT2D eigenvalue weighted by Gasteiger charge is -2.35. The van der Waals surface area contributed by atoms with Crippen LogP contribution in [0.5, 0.6) is 0 Å². The maximum atomic E-state index is 6.49. The Morgan fingerprint density at radius 3 is 2.61 bits per heavy atom. The number of ether oxygens (including phenoxy) is 1. The predicted molar refractivity (Wildman–Crippen MR) is 142 cm³/mol. The summed E-state index contributed by atoms with van der Waals surface area (Å²) < 4.78 is 5.72. The van der Waals surface area contributed by atoms with Crippen LogP contribution in [0.2, 0.25) is 10.0 Å². The van der Waals surface area contributed by atoms with E-state index in [-0.39, 0.29) is 0 Å². The average Bonchev–Trinajstić information content (AvgIpc) is 3.47. The van der Waals surface area contributed by atoms with E-state index in [4.69, 9.17) is 27.9 Å². The number of rotatable bonds is 10. The molecule has 3 atom stereocenters. The van der Waals surface area contributed by atoms with Crippen LogP contribution in [0.25, 0.3) is 0 Å². The molecule has 0 aliphatic carbocycles. The Balaban J connectivity index is 1.34. The van der Waals surface area contributed by atoms with Crippen molar-refractivity contribution in [2.24, 2.45) is 11.8 Å². The van der Waals surface area contributed by atoms with Crippen LogP contribution in [0.1, 0.15) is 56.1 Å². The Morgan fingerprint density at radius 1 is 1.12 bits per heavy atom. The quantitative estimate of drug-likeness (QED) is 0.337. The third-order valence-corrected chi connectivity index (χ3v) is 8.93. The lowest BCUT2D eigenvalue weighted by molar-refractivity contribution is 0.0559. The summed E-state index contributed by atoms with van der Waals surface area (Å²) in [5, 5.41) is 6.05. The van der Waals surface area contributed by atoms with Gasteiger partial charge in [-0.15, -0.1) is 0 Å². The van der Waals surface area contributed by atoms with Gasteiger partial charge in [-0.05, 0) is 90.7 Å². The van der Waals surface area contributed by atoms with E-state index in [1.165, 1.54) is 62.9 Å². The normalized spacial score (nSPS) is 23.9. The molecule has 2 aliphatic rings. The molecule has 4 rings (SSSR count). The second-order valence-electron chi connectivity index (χ2n) is 9.98. The molecule has 2 aromatic rings. The van der Waals surface area contributed by atoms with Gasteiger partial charge in [-0.3, -0.25) is 4.90 Å². The van der Waals surface area contributed by atoms with Gasteiger partial charge in [0, 0.05) is 49.3 Å². The molecule has 3 heterocycles. The molecule has 0 amide bonds. The van der Waals surface area contributed by atoms with Gasteiger partial charge in [-0.1, -0.05) is 42.6 Å². The number of likely N-dealkylation sites (tertiary alicyclic amines) is 2. The number of methoxy groups -OCH3 is 1. The second kappa shape index (κ2) is 12.4. The molecule has 1 aromatic heterocycles. The van der Waals surface area contributed by atoms with Gasteiger partial charge in [0.15, 0.2) is 0 Å². The zero-order valence-corrected chi connectivity index (χ0v) is 22.3. The lowest BCUT2D eigenvalue weighted by Crippen LogP contribution is -2.39. The molecule has 6 heteroatoms. The fraction of sp³-hybridized carbons (Fsp3) is 0.630. The van der Waals surface area contributed by atoms with E-state index in [1.807, 2.05) is 30.6 Å². The van der Waals surface area contributed by atoms with Crippen LogP contribution in [0.4, 0.5) is 0 Å². The summed E-state index contributed by atoms with van der Waals surface area (Å²) >= 11 is 14.4. The van der Waals surface area contributed by atoms with Gasteiger partial charge in [-0.25, -0.2) is 0 Å². The third kappa shape index (κ3) is 6.96. The molecule has 182 valence electrons. The molecule has 0 saturated carbocycles. The highest BCUT2D eigenvalue weighted by molar-refractivity contribution is 7.08. The molecule has 3 nitrogen and oxygen atoms in total. The van der Waals surface area contributed by atoms with Crippen molar-refractivity contribution in [3.8, 4) is 0 Å². The van der Waals surface area contributed by atoms with Gasteiger partial charge >= 0.3 is 0 Å². The van der Waals surface area contributed by atoms with Crippen molar-refractivity contribution in [2.75, 3.05) is 39.8 Å². The van der Waals surface area contributed by atoms with Gasteiger partial charge in [0.25, 0.3) is 0 Å². The van der Waals surface area contributed by atoms with Crippen LogP contribution < -0.4 is 0 Å². The molecular weight excluding hydrogens is 471 g/mol. The van der Waals surface area contributed by atoms with Crippen molar-refractivity contribution in [3.63, 3.8) is 0 Å². The third-order valence-electron chi connectivity index (χ3n) is 7.64. The molecule has 2 aliphatic heterocycles. The van der Waals surface area contributed by atoms with E-state index in [1.54, 1.807) is 0 Å². The average molecular weight is 510 g/mol. The standard InChI is InChI=1S/C27H38Cl2N2OS/c1-3-4-25(32-2)13-20-7-10-30(11-8-20)16-23-17-31(18-26(23)22-9-12-33-19-22)15-21-5-6-24(28)14-27(21)29/h5-6,9,12,14,19-20,23,25-26H,3-4,7-8,10-11,13,15-18H2,1-2H3. The van der Waals surface area contributed by atoms with Crippen molar-refractivity contribution >= 4 is 34.5 Å². The van der Waals surface area contributed by atoms with Crippen molar-refractivity contribution < 1.29 is 4.74 Å². The number of hydrogen-bond donors (Lipinski definition) is 0. The zero-order chi connectivity index (χ0) is 23.2. The molecule has 0 spiro atoms. The molecule has 2 fully saturated rings. The monoisotopic (exact) mass is 508 g/mol. The Labute approximate surface area is 214 Å². The first kappa shape index (κ1) is 25.5. The van der Waals surface area contributed by atoms with E-state index in [2.05, 4.69) is 39.6 Å². The van der Waals surface area contributed by atoms with Gasteiger partial charge in [0.05, 0.1) is 6.10 Å². The van der Waals surface area contributed by atoms with E-state index < -0.39 is 0 Å². The summed E-state index contributed by atoms with van der Waals surface area (Å²) in [5.41, 5.74) is 2.68. The molecule has 2 saturated heterocycles. The molecule has 1 aromatic carbocycles. The van der Waals surface area contributed by atoms with E-state index >= 15 is 0 Å². The zero-order valence-electron chi connectivity index (χ0n) is 20.0. The Bertz CT molecular complexity index is 854. The number of halogens is 2. The summed E-state index contributed by atoms with van der Waals surface area (Å²) in [6.45, 7) is 9.02. The van der Waals surface area contributed by atoms with Gasteiger partial charge in [-0.2, -0.15) is 11.3 Å². The van der Waals surface area contributed by atoms with Gasteiger partial charge in [0.2, 0.25) is 0 Å². The fourth-order valence-electron chi connectivity index (χ4n) is 5.79. The largest absolute Gasteiger partial charge is 0.381 e. The summed E-state index contributed by atoms with van der Waals surface area (Å²) in [7, 11) is 1.88. The topological polar surface area (TPSA) is 15.7 Å². The first-order valence-electron chi connectivity index (χ1n) is 12.5. The van der Waals surface area contributed by atoms with Gasteiger partial charge in [0.1, 0.15) is 0 Å². The Morgan fingerprint density at radius 2 is 1.94 bits per heavy atom. The molecule has 0 N–H and O–H groups in total. The maximum Gasteiger partial charge on any atom is 0.0574 e. The number of nitrogens with zero attached hydrogens (tertiary/aromatic N) is 2. The Hall–Kier alpha value is -0.620.